The van der Waals surface area contributed by atoms with Crippen LogP contribution in [0.3, 0.4) is 0 Å². The van der Waals surface area contributed by atoms with Gasteiger partial charge in [-0.05, 0) is 31.0 Å². The molecule has 2 saturated heterocycles. The van der Waals surface area contributed by atoms with E-state index in [-0.39, 0.29) is 36.0 Å². The molecule has 148 valence electrons. The fraction of sp³-hybridized carbons (Fsp3) is 0.632. The third-order valence-corrected chi connectivity index (χ3v) is 8.09. The van der Waals surface area contributed by atoms with Gasteiger partial charge in [-0.3, -0.25) is 9.69 Å². The van der Waals surface area contributed by atoms with Crippen LogP contribution in [0.15, 0.2) is 18.2 Å². The zero-order valence-corrected chi connectivity index (χ0v) is 17.0. The number of methoxy groups -OCH3 is 1. The summed E-state index contributed by atoms with van der Waals surface area (Å²) < 4.78 is 30.1. The minimum atomic E-state index is -3.18. The number of hydrogen-bond acceptors (Lipinski definition) is 5. The van der Waals surface area contributed by atoms with E-state index in [4.69, 9.17) is 16.3 Å². The first-order valence-corrected chi connectivity index (χ1v) is 11.7. The number of nitrogens with zero attached hydrogens (tertiary/aromatic N) is 2. The minimum absolute atomic E-state index is 0.0102. The maximum Gasteiger partial charge on any atom is 0.241 e. The summed E-state index contributed by atoms with van der Waals surface area (Å²) >= 11 is 6.25. The molecule has 1 aromatic carbocycles. The molecular formula is C19H25ClN2O4S. The first kappa shape index (κ1) is 19.0. The first-order valence-electron chi connectivity index (χ1n) is 9.51. The summed E-state index contributed by atoms with van der Waals surface area (Å²) in [7, 11) is -1.64. The Morgan fingerprint density at radius 2 is 1.81 bits per heavy atom. The summed E-state index contributed by atoms with van der Waals surface area (Å²) in [6.45, 7) is 0.269. The van der Waals surface area contributed by atoms with Gasteiger partial charge >= 0.3 is 0 Å². The van der Waals surface area contributed by atoms with Gasteiger partial charge in [0.2, 0.25) is 5.91 Å². The molecule has 2 unspecified atom stereocenters. The third-order valence-electron chi connectivity index (χ3n) is 6.09. The van der Waals surface area contributed by atoms with Gasteiger partial charge in [0.05, 0.1) is 36.2 Å². The van der Waals surface area contributed by atoms with Crippen molar-refractivity contribution < 1.29 is 17.9 Å². The van der Waals surface area contributed by atoms with Gasteiger partial charge in [-0.15, -0.1) is 0 Å². The lowest BCUT2D eigenvalue weighted by Gasteiger charge is -2.47. The fourth-order valence-electron chi connectivity index (χ4n) is 4.86. The Balaban J connectivity index is 1.68. The van der Waals surface area contributed by atoms with E-state index >= 15 is 0 Å². The van der Waals surface area contributed by atoms with E-state index in [2.05, 4.69) is 4.90 Å². The molecule has 0 aromatic heterocycles. The monoisotopic (exact) mass is 412 g/mol. The number of ether oxygens (including phenoxy) is 1. The molecule has 2 atom stereocenters. The number of sulfone groups is 1. The van der Waals surface area contributed by atoms with Gasteiger partial charge in [0, 0.05) is 17.8 Å². The molecule has 0 N–H and O–H groups in total. The molecule has 6 nitrogen and oxygen atoms in total. The fourth-order valence-corrected chi connectivity index (χ4v) is 7.08. The third kappa shape index (κ3) is 3.57. The zero-order valence-electron chi connectivity index (χ0n) is 15.4. The van der Waals surface area contributed by atoms with E-state index in [1.54, 1.807) is 23.1 Å². The van der Waals surface area contributed by atoms with Crippen molar-refractivity contribution in [3.8, 4) is 5.75 Å². The smallest absolute Gasteiger partial charge is 0.241 e. The highest BCUT2D eigenvalue weighted by molar-refractivity contribution is 7.91. The molecule has 1 aromatic rings. The summed E-state index contributed by atoms with van der Waals surface area (Å²) in [5.74, 6) is 0.613. The maximum absolute atomic E-state index is 13.1. The number of halogens is 1. The number of carbonyl (C=O) groups is 1. The van der Waals surface area contributed by atoms with E-state index in [1.165, 1.54) is 13.5 Å². The summed E-state index contributed by atoms with van der Waals surface area (Å²) in [6, 6.07) is 5.00. The van der Waals surface area contributed by atoms with Crippen LogP contribution in [0, 0.1) is 0 Å². The molecule has 3 fully saturated rings. The molecule has 1 amide bonds. The van der Waals surface area contributed by atoms with Crippen LogP contribution in [-0.4, -0.2) is 62.5 Å². The summed E-state index contributed by atoms with van der Waals surface area (Å²) in [4.78, 5) is 16.9. The Labute approximate surface area is 165 Å². The lowest BCUT2D eigenvalue weighted by molar-refractivity contribution is -0.124. The average molecular weight is 413 g/mol. The molecule has 2 aliphatic heterocycles. The summed E-state index contributed by atoms with van der Waals surface area (Å²) in [5, 5.41) is 0.412. The zero-order chi connectivity index (χ0) is 19.2. The van der Waals surface area contributed by atoms with E-state index in [0.717, 1.165) is 25.7 Å². The number of carbonyl (C=O) groups excluding carboxylic acids is 1. The second kappa shape index (κ2) is 7.26. The van der Waals surface area contributed by atoms with Gasteiger partial charge in [-0.2, -0.15) is 0 Å². The van der Waals surface area contributed by atoms with Gasteiger partial charge in [-0.1, -0.05) is 30.9 Å². The SMILES string of the molecule is COc1ccc(N2C(=O)CN(C3CCCCC3)C3CS(=O)(=O)CC32)cc1Cl. The highest BCUT2D eigenvalue weighted by atomic mass is 35.5. The average Bonchev–Trinajstić information content (AvgIpc) is 2.96. The molecule has 8 heteroatoms. The van der Waals surface area contributed by atoms with E-state index in [1.807, 2.05) is 0 Å². The van der Waals surface area contributed by atoms with Crippen molar-refractivity contribution in [1.29, 1.82) is 0 Å². The Hall–Kier alpha value is -1.31. The predicted octanol–water partition coefficient (Wildman–Crippen LogP) is 2.50. The highest BCUT2D eigenvalue weighted by Gasteiger charge is 2.51. The van der Waals surface area contributed by atoms with Crippen LogP contribution in [-0.2, 0) is 14.6 Å². The topological polar surface area (TPSA) is 66.9 Å². The second-order valence-electron chi connectivity index (χ2n) is 7.76. The van der Waals surface area contributed by atoms with Crippen LogP contribution in [0.5, 0.6) is 5.75 Å². The molecule has 1 aliphatic carbocycles. The molecule has 0 radical (unpaired) electrons. The van der Waals surface area contributed by atoms with Crippen molar-refractivity contribution in [1.82, 2.24) is 4.90 Å². The van der Waals surface area contributed by atoms with Crippen LogP contribution in [0.25, 0.3) is 0 Å². The van der Waals surface area contributed by atoms with Crippen LogP contribution in [0.2, 0.25) is 5.02 Å². The lowest BCUT2D eigenvalue weighted by atomic mass is 9.91. The molecule has 2 heterocycles. The van der Waals surface area contributed by atoms with E-state index in [0.29, 0.717) is 22.5 Å². The molecule has 0 spiro atoms. The Morgan fingerprint density at radius 1 is 1.11 bits per heavy atom. The summed E-state index contributed by atoms with van der Waals surface area (Å²) in [5.41, 5.74) is 0.640. The van der Waals surface area contributed by atoms with Gasteiger partial charge in [0.15, 0.2) is 9.84 Å². The summed E-state index contributed by atoms with van der Waals surface area (Å²) in [6.07, 6.45) is 5.62. The van der Waals surface area contributed by atoms with E-state index in [9.17, 15) is 13.2 Å². The maximum atomic E-state index is 13.1. The van der Waals surface area contributed by atoms with Crippen molar-refractivity contribution in [3.05, 3.63) is 23.2 Å². The molecule has 4 rings (SSSR count). The molecule has 0 bridgehead atoms. The van der Waals surface area contributed by atoms with Gasteiger partial charge in [0.1, 0.15) is 5.75 Å². The quantitative estimate of drug-likeness (QED) is 0.763. The van der Waals surface area contributed by atoms with Crippen LogP contribution >= 0.6 is 11.6 Å². The lowest BCUT2D eigenvalue weighted by Crippen LogP contribution is -2.64. The van der Waals surface area contributed by atoms with Crippen molar-refractivity contribution in [2.24, 2.45) is 0 Å². The van der Waals surface area contributed by atoms with Crippen LogP contribution in [0.1, 0.15) is 32.1 Å². The number of amides is 1. The predicted molar refractivity (Wildman–Crippen MR) is 105 cm³/mol. The Morgan fingerprint density at radius 3 is 2.48 bits per heavy atom. The van der Waals surface area contributed by atoms with Crippen molar-refractivity contribution >= 4 is 33.0 Å². The molecule has 27 heavy (non-hydrogen) atoms. The van der Waals surface area contributed by atoms with Gasteiger partial charge in [0.25, 0.3) is 0 Å². The van der Waals surface area contributed by atoms with Crippen molar-refractivity contribution in [2.45, 2.75) is 50.2 Å². The standard InChI is InChI=1S/C19H25ClN2O4S/c1-26-18-8-7-14(9-15(18)20)22-17-12-27(24,25)11-16(17)21(10-19(22)23)13-5-3-2-4-6-13/h7-9,13,16-17H,2-6,10-12H2,1H3. The molecule has 1 saturated carbocycles. The first-order chi connectivity index (χ1) is 12.9. The Bertz CT molecular complexity index is 838. The van der Waals surface area contributed by atoms with Crippen molar-refractivity contribution in [2.75, 3.05) is 30.1 Å². The largest absolute Gasteiger partial charge is 0.495 e. The normalized spacial score (nSPS) is 29.0. The number of hydrogen-bond donors (Lipinski definition) is 0. The molecule has 3 aliphatic rings. The number of piperazine rings is 1. The number of benzene rings is 1. The van der Waals surface area contributed by atoms with Crippen molar-refractivity contribution in [3.63, 3.8) is 0 Å². The number of anilines is 1. The Kier molecular flexibility index (Phi) is 5.12. The van der Waals surface area contributed by atoms with Crippen LogP contribution < -0.4 is 9.64 Å². The highest BCUT2D eigenvalue weighted by Crippen LogP contribution is 2.37. The minimum Gasteiger partial charge on any atom is -0.495 e. The van der Waals surface area contributed by atoms with E-state index < -0.39 is 9.84 Å². The van der Waals surface area contributed by atoms with Gasteiger partial charge in [-0.25, -0.2) is 8.42 Å². The van der Waals surface area contributed by atoms with Gasteiger partial charge < -0.3 is 9.64 Å². The van der Waals surface area contributed by atoms with Crippen LogP contribution in [0.4, 0.5) is 5.69 Å². The number of rotatable bonds is 3. The number of fused-ring (bicyclic) bond motifs is 1. The molecular weight excluding hydrogens is 388 g/mol. The second-order valence-corrected chi connectivity index (χ2v) is 10.3.